The zero-order valence-electron chi connectivity index (χ0n) is 13.9. The van der Waals surface area contributed by atoms with Gasteiger partial charge in [-0.2, -0.15) is 0 Å². The van der Waals surface area contributed by atoms with Crippen LogP contribution in [0.4, 0.5) is 10.6 Å². The summed E-state index contributed by atoms with van der Waals surface area (Å²) in [6.07, 6.45) is -0.226. The molecule has 1 aliphatic rings. The van der Waals surface area contributed by atoms with E-state index in [9.17, 15) is 4.79 Å². The number of pyridine rings is 1. The molecule has 1 aromatic rings. The molecule has 2 N–H and O–H groups in total. The van der Waals surface area contributed by atoms with E-state index in [0.29, 0.717) is 18.9 Å². The second-order valence-corrected chi connectivity index (χ2v) is 6.79. The van der Waals surface area contributed by atoms with E-state index in [1.54, 1.807) is 4.90 Å². The number of ether oxygens (including phenoxy) is 1. The van der Waals surface area contributed by atoms with Crippen molar-refractivity contribution in [3.05, 3.63) is 23.4 Å². The number of carbonyl (C=O) groups is 1. The van der Waals surface area contributed by atoms with Crippen molar-refractivity contribution in [2.75, 3.05) is 31.9 Å². The topological polar surface area (TPSA) is 71.7 Å². The van der Waals surface area contributed by atoms with Crippen molar-refractivity contribution in [1.29, 1.82) is 0 Å². The number of carbonyl (C=O) groups excluding carboxylic acids is 1. The lowest BCUT2D eigenvalue weighted by atomic mass is 10.2. The van der Waals surface area contributed by atoms with Gasteiger partial charge in [-0.3, -0.25) is 4.90 Å². The van der Waals surface area contributed by atoms with Crippen LogP contribution in [0.15, 0.2) is 12.1 Å². The van der Waals surface area contributed by atoms with E-state index in [0.717, 1.165) is 30.9 Å². The summed E-state index contributed by atoms with van der Waals surface area (Å²) in [7, 11) is 0. The summed E-state index contributed by atoms with van der Waals surface area (Å²) in [6.45, 7) is 11.5. The summed E-state index contributed by atoms with van der Waals surface area (Å²) < 4.78 is 5.41. The molecular formula is C16H26N4O2. The number of rotatable bonds is 2. The van der Waals surface area contributed by atoms with Gasteiger partial charge in [0.25, 0.3) is 0 Å². The molecule has 1 amide bonds. The maximum Gasteiger partial charge on any atom is 0.410 e. The van der Waals surface area contributed by atoms with Crippen molar-refractivity contribution in [3.63, 3.8) is 0 Å². The molecular weight excluding hydrogens is 280 g/mol. The molecule has 0 spiro atoms. The van der Waals surface area contributed by atoms with Crippen molar-refractivity contribution >= 4 is 11.9 Å². The number of aryl methyl sites for hydroxylation is 1. The summed E-state index contributed by atoms with van der Waals surface area (Å²) >= 11 is 0. The minimum Gasteiger partial charge on any atom is -0.444 e. The maximum atomic E-state index is 12.0. The maximum absolute atomic E-state index is 12.0. The Labute approximate surface area is 132 Å². The predicted molar refractivity (Wildman–Crippen MR) is 86.5 cm³/mol. The summed E-state index contributed by atoms with van der Waals surface area (Å²) in [5.74, 6) is 0.558. The Morgan fingerprint density at radius 1 is 1.27 bits per heavy atom. The van der Waals surface area contributed by atoms with Gasteiger partial charge >= 0.3 is 6.09 Å². The Hall–Kier alpha value is -1.82. The molecule has 2 heterocycles. The van der Waals surface area contributed by atoms with Crippen molar-refractivity contribution < 1.29 is 9.53 Å². The van der Waals surface area contributed by atoms with Crippen molar-refractivity contribution in [2.45, 2.75) is 39.8 Å². The molecule has 1 aliphatic heterocycles. The van der Waals surface area contributed by atoms with Crippen LogP contribution in [-0.2, 0) is 11.3 Å². The number of anilines is 1. The number of hydrogen-bond acceptors (Lipinski definition) is 5. The molecule has 0 bridgehead atoms. The molecule has 0 aromatic carbocycles. The highest BCUT2D eigenvalue weighted by Gasteiger charge is 2.25. The summed E-state index contributed by atoms with van der Waals surface area (Å²) in [4.78, 5) is 20.3. The van der Waals surface area contributed by atoms with E-state index in [1.165, 1.54) is 0 Å². The number of nitrogen functional groups attached to an aromatic ring is 1. The zero-order valence-corrected chi connectivity index (χ0v) is 13.9. The van der Waals surface area contributed by atoms with Gasteiger partial charge in [0.15, 0.2) is 0 Å². The Bertz CT molecular complexity index is 511. The number of hydrogen-bond donors (Lipinski definition) is 1. The van der Waals surface area contributed by atoms with Crippen LogP contribution in [-0.4, -0.2) is 52.7 Å². The van der Waals surface area contributed by atoms with Gasteiger partial charge in [0.2, 0.25) is 0 Å². The molecule has 1 saturated heterocycles. The fraction of sp³-hybridized carbons (Fsp3) is 0.625. The number of amides is 1. The van der Waals surface area contributed by atoms with Gasteiger partial charge in [-0.1, -0.05) is 0 Å². The van der Waals surface area contributed by atoms with Gasteiger partial charge in [0, 0.05) is 38.4 Å². The van der Waals surface area contributed by atoms with E-state index >= 15 is 0 Å². The van der Waals surface area contributed by atoms with E-state index in [2.05, 4.69) is 16.0 Å². The van der Waals surface area contributed by atoms with Crippen LogP contribution in [0.3, 0.4) is 0 Å². The largest absolute Gasteiger partial charge is 0.444 e. The van der Waals surface area contributed by atoms with E-state index in [4.69, 9.17) is 10.5 Å². The molecule has 0 atom stereocenters. The summed E-state index contributed by atoms with van der Waals surface area (Å²) in [5.41, 5.74) is 7.44. The fourth-order valence-corrected chi connectivity index (χ4v) is 2.53. The molecule has 0 saturated carbocycles. The molecule has 6 nitrogen and oxygen atoms in total. The highest BCUT2D eigenvalue weighted by molar-refractivity contribution is 5.68. The zero-order chi connectivity index (χ0) is 16.3. The van der Waals surface area contributed by atoms with Crippen LogP contribution < -0.4 is 5.73 Å². The Kier molecular flexibility index (Phi) is 4.90. The first-order chi connectivity index (χ1) is 10.2. The fourth-order valence-electron chi connectivity index (χ4n) is 2.53. The molecule has 2 rings (SSSR count). The predicted octanol–water partition coefficient (Wildman–Crippen LogP) is 2.02. The smallest absolute Gasteiger partial charge is 0.410 e. The third kappa shape index (κ3) is 4.87. The normalized spacial score (nSPS) is 16.6. The molecule has 1 fully saturated rings. The number of nitrogens with zero attached hydrogens (tertiary/aromatic N) is 3. The van der Waals surface area contributed by atoms with Gasteiger partial charge in [-0.05, 0) is 45.4 Å². The second-order valence-electron chi connectivity index (χ2n) is 6.79. The Morgan fingerprint density at radius 3 is 2.45 bits per heavy atom. The van der Waals surface area contributed by atoms with Gasteiger partial charge in [0.1, 0.15) is 11.4 Å². The number of nitrogens with two attached hydrogens (primary N) is 1. The Morgan fingerprint density at radius 2 is 1.91 bits per heavy atom. The molecule has 0 unspecified atom stereocenters. The SMILES string of the molecule is Cc1cc(CN2CCN(C(=O)OC(C)(C)C)CC2)cc(N)n1. The lowest BCUT2D eigenvalue weighted by molar-refractivity contribution is 0.0139. The Balaban J connectivity index is 1.86. The first kappa shape index (κ1) is 16.5. The van der Waals surface area contributed by atoms with E-state index in [-0.39, 0.29) is 6.09 Å². The monoisotopic (exact) mass is 306 g/mol. The third-order valence-corrected chi connectivity index (χ3v) is 3.46. The van der Waals surface area contributed by atoms with Crippen LogP contribution in [0, 0.1) is 6.92 Å². The standard InChI is InChI=1S/C16H26N4O2/c1-12-9-13(10-14(17)18-12)11-19-5-7-20(8-6-19)15(21)22-16(2,3)4/h9-10H,5-8,11H2,1-4H3,(H2,17,18). The van der Waals surface area contributed by atoms with Crippen molar-refractivity contribution in [1.82, 2.24) is 14.8 Å². The molecule has 6 heteroatoms. The first-order valence-corrected chi connectivity index (χ1v) is 7.66. The van der Waals surface area contributed by atoms with Gasteiger partial charge < -0.3 is 15.4 Å². The summed E-state index contributed by atoms with van der Waals surface area (Å²) in [5, 5.41) is 0. The number of aromatic nitrogens is 1. The van der Waals surface area contributed by atoms with Crippen LogP contribution in [0.2, 0.25) is 0 Å². The lowest BCUT2D eigenvalue weighted by Gasteiger charge is -2.35. The second kappa shape index (κ2) is 6.52. The minimum absolute atomic E-state index is 0.226. The number of piperazine rings is 1. The molecule has 0 aliphatic carbocycles. The average molecular weight is 306 g/mol. The van der Waals surface area contributed by atoms with E-state index < -0.39 is 5.60 Å². The van der Waals surface area contributed by atoms with Crippen LogP contribution in [0.1, 0.15) is 32.0 Å². The van der Waals surface area contributed by atoms with Gasteiger partial charge in [-0.15, -0.1) is 0 Å². The van der Waals surface area contributed by atoms with Crippen LogP contribution >= 0.6 is 0 Å². The van der Waals surface area contributed by atoms with Crippen molar-refractivity contribution in [3.8, 4) is 0 Å². The molecule has 122 valence electrons. The third-order valence-electron chi connectivity index (χ3n) is 3.46. The highest BCUT2D eigenvalue weighted by atomic mass is 16.6. The summed E-state index contributed by atoms with van der Waals surface area (Å²) in [6, 6.07) is 3.96. The molecule has 0 radical (unpaired) electrons. The van der Waals surface area contributed by atoms with Crippen LogP contribution in [0.5, 0.6) is 0 Å². The van der Waals surface area contributed by atoms with Crippen LogP contribution in [0.25, 0.3) is 0 Å². The highest BCUT2D eigenvalue weighted by Crippen LogP contribution is 2.14. The minimum atomic E-state index is -0.444. The average Bonchev–Trinajstić information content (AvgIpc) is 2.36. The molecule has 22 heavy (non-hydrogen) atoms. The van der Waals surface area contributed by atoms with Gasteiger partial charge in [-0.25, -0.2) is 9.78 Å². The lowest BCUT2D eigenvalue weighted by Crippen LogP contribution is -2.49. The van der Waals surface area contributed by atoms with E-state index in [1.807, 2.05) is 33.8 Å². The van der Waals surface area contributed by atoms with Crippen molar-refractivity contribution in [2.24, 2.45) is 0 Å². The quantitative estimate of drug-likeness (QED) is 0.905. The van der Waals surface area contributed by atoms with Gasteiger partial charge in [0.05, 0.1) is 0 Å². The first-order valence-electron chi connectivity index (χ1n) is 7.66. The molecule has 1 aromatic heterocycles.